The van der Waals surface area contributed by atoms with Crippen LogP contribution < -0.4 is 0 Å². The van der Waals surface area contributed by atoms with E-state index in [-0.39, 0.29) is 5.91 Å². The number of benzene rings is 2. The van der Waals surface area contributed by atoms with Crippen LogP contribution in [0.1, 0.15) is 27.9 Å². The summed E-state index contributed by atoms with van der Waals surface area (Å²) in [6, 6.07) is 18.6. The lowest BCUT2D eigenvalue weighted by Crippen LogP contribution is -2.27. The van der Waals surface area contributed by atoms with Crippen molar-refractivity contribution in [3.05, 3.63) is 101 Å². The number of carbonyl (C=O) groups is 1. The van der Waals surface area contributed by atoms with Crippen molar-refractivity contribution in [1.82, 2.24) is 24.2 Å². The molecule has 1 aliphatic rings. The first kappa shape index (κ1) is 19.6. The molecule has 0 saturated heterocycles. The smallest absolute Gasteiger partial charge is 0.227 e. The van der Waals surface area contributed by atoms with Gasteiger partial charge in [0, 0.05) is 35.1 Å². The van der Waals surface area contributed by atoms with Gasteiger partial charge < -0.3 is 14.5 Å². The van der Waals surface area contributed by atoms with E-state index < -0.39 is 0 Å². The zero-order valence-corrected chi connectivity index (χ0v) is 18.7. The van der Waals surface area contributed by atoms with Crippen molar-refractivity contribution in [3.63, 3.8) is 0 Å². The van der Waals surface area contributed by atoms with Crippen LogP contribution in [0.4, 0.5) is 0 Å². The van der Waals surface area contributed by atoms with Crippen molar-refractivity contribution < 1.29 is 4.79 Å². The number of aromatic amines is 1. The monoisotopic (exact) mass is 435 g/mol. The summed E-state index contributed by atoms with van der Waals surface area (Å²) in [5.74, 6) is 1.12. The molecule has 0 bridgehead atoms. The molecule has 0 saturated carbocycles. The second kappa shape index (κ2) is 7.52. The number of H-pyrrole nitrogens is 1. The van der Waals surface area contributed by atoms with Gasteiger partial charge in [-0.05, 0) is 49.2 Å². The number of aryl methyl sites for hydroxylation is 2. The molecule has 1 aliphatic heterocycles. The van der Waals surface area contributed by atoms with E-state index in [1.165, 1.54) is 11.1 Å². The number of nitrogens with zero attached hydrogens (tertiary/aromatic N) is 4. The van der Waals surface area contributed by atoms with Gasteiger partial charge in [-0.1, -0.05) is 35.9 Å². The zero-order chi connectivity index (χ0) is 22.5. The molecular formula is C27H25N5O. The van der Waals surface area contributed by atoms with E-state index >= 15 is 0 Å². The number of nitrogens with one attached hydrogen (secondary N) is 1. The van der Waals surface area contributed by atoms with Crippen molar-refractivity contribution in [2.45, 2.75) is 33.4 Å². The average molecular weight is 436 g/mol. The lowest BCUT2D eigenvalue weighted by atomic mass is 10.1. The molecule has 1 N–H and O–H groups in total. The first-order valence-corrected chi connectivity index (χ1v) is 11.2. The topological polar surface area (TPSA) is 58.9 Å². The van der Waals surface area contributed by atoms with Crippen molar-refractivity contribution in [2.75, 3.05) is 0 Å². The summed E-state index contributed by atoms with van der Waals surface area (Å²) >= 11 is 0. The zero-order valence-electron chi connectivity index (χ0n) is 18.7. The van der Waals surface area contributed by atoms with E-state index in [1.807, 2.05) is 58.5 Å². The van der Waals surface area contributed by atoms with E-state index in [2.05, 4.69) is 47.7 Å². The van der Waals surface area contributed by atoms with Crippen molar-refractivity contribution in [2.24, 2.45) is 0 Å². The van der Waals surface area contributed by atoms with Crippen LogP contribution in [-0.2, 0) is 24.3 Å². The highest BCUT2D eigenvalue weighted by atomic mass is 16.2. The predicted octanol–water partition coefficient (Wildman–Crippen LogP) is 4.85. The Bertz CT molecular complexity index is 1490. The van der Waals surface area contributed by atoms with Gasteiger partial charge in [0.05, 0.1) is 30.9 Å². The molecule has 0 spiro atoms. The highest BCUT2D eigenvalue weighted by Gasteiger charge is 2.31. The van der Waals surface area contributed by atoms with E-state index in [0.717, 1.165) is 39.2 Å². The summed E-state index contributed by atoms with van der Waals surface area (Å²) in [5.41, 5.74) is 7.64. The molecule has 2 aromatic carbocycles. The second-order valence-corrected chi connectivity index (χ2v) is 8.83. The number of hydrogen-bond donors (Lipinski definition) is 1. The Labute approximate surface area is 192 Å². The van der Waals surface area contributed by atoms with Crippen molar-refractivity contribution in [3.8, 4) is 11.5 Å². The molecule has 164 valence electrons. The van der Waals surface area contributed by atoms with Gasteiger partial charge in [0.15, 0.2) is 0 Å². The van der Waals surface area contributed by atoms with E-state index in [0.29, 0.717) is 19.5 Å². The highest BCUT2D eigenvalue weighted by Crippen LogP contribution is 2.32. The van der Waals surface area contributed by atoms with Gasteiger partial charge in [-0.2, -0.15) is 5.10 Å². The molecule has 1 amide bonds. The maximum absolute atomic E-state index is 13.2. The third-order valence-electron chi connectivity index (χ3n) is 6.53. The summed E-state index contributed by atoms with van der Waals surface area (Å²) < 4.78 is 4.12. The van der Waals surface area contributed by atoms with Crippen molar-refractivity contribution >= 4 is 16.8 Å². The number of para-hydroxylation sites is 1. The minimum Gasteiger partial charge on any atom is -0.361 e. The van der Waals surface area contributed by atoms with Crippen LogP contribution in [0.5, 0.6) is 0 Å². The summed E-state index contributed by atoms with van der Waals surface area (Å²) in [4.78, 5) is 18.4. The van der Waals surface area contributed by atoms with Gasteiger partial charge >= 0.3 is 0 Å². The second-order valence-electron chi connectivity index (χ2n) is 8.83. The fourth-order valence-corrected chi connectivity index (χ4v) is 4.88. The van der Waals surface area contributed by atoms with Crippen molar-refractivity contribution in [1.29, 1.82) is 0 Å². The van der Waals surface area contributed by atoms with Crippen LogP contribution in [0, 0.1) is 13.8 Å². The van der Waals surface area contributed by atoms with Crippen LogP contribution in [0.3, 0.4) is 0 Å². The lowest BCUT2D eigenvalue weighted by Gasteiger charge is -2.18. The Hall–Kier alpha value is -4.06. The number of fused-ring (bicyclic) bond motifs is 2. The quantitative estimate of drug-likeness (QED) is 0.439. The molecule has 3 aromatic heterocycles. The van der Waals surface area contributed by atoms with Crippen LogP contribution in [0.2, 0.25) is 0 Å². The summed E-state index contributed by atoms with van der Waals surface area (Å²) in [6.45, 7) is 5.31. The minimum absolute atomic E-state index is 0.120. The first-order valence-electron chi connectivity index (χ1n) is 11.2. The van der Waals surface area contributed by atoms with E-state index in [1.54, 1.807) is 0 Å². The maximum Gasteiger partial charge on any atom is 0.227 e. The summed E-state index contributed by atoms with van der Waals surface area (Å²) in [7, 11) is 0. The SMILES string of the molecule is Cc1ccc(-n2nc3c(c2-n2cccc2)CN(C(=O)Cc2c[nH]c4ccccc24)C3)c(C)c1. The number of carbonyl (C=O) groups excluding carboxylic acids is 1. The lowest BCUT2D eigenvalue weighted by molar-refractivity contribution is -0.131. The first-order chi connectivity index (χ1) is 16.1. The molecule has 6 heteroatoms. The normalized spacial score (nSPS) is 13.1. The Morgan fingerprint density at radius 2 is 1.85 bits per heavy atom. The average Bonchev–Trinajstić information content (AvgIpc) is 3.57. The molecule has 6 nitrogen and oxygen atoms in total. The summed E-state index contributed by atoms with van der Waals surface area (Å²) in [5, 5.41) is 6.09. The van der Waals surface area contributed by atoms with Gasteiger partial charge in [0.25, 0.3) is 0 Å². The van der Waals surface area contributed by atoms with Crippen LogP contribution >= 0.6 is 0 Å². The molecule has 0 radical (unpaired) electrons. The number of hydrogen-bond acceptors (Lipinski definition) is 2. The number of amides is 1. The largest absolute Gasteiger partial charge is 0.361 e. The molecule has 0 fully saturated rings. The fourth-order valence-electron chi connectivity index (χ4n) is 4.88. The fraction of sp³-hybridized carbons (Fsp3) is 0.185. The van der Waals surface area contributed by atoms with Crippen LogP contribution in [0.25, 0.3) is 22.4 Å². The third kappa shape index (κ3) is 3.26. The highest BCUT2D eigenvalue weighted by molar-refractivity contribution is 5.89. The van der Waals surface area contributed by atoms with Crippen LogP contribution in [-0.4, -0.2) is 30.1 Å². The Kier molecular flexibility index (Phi) is 4.47. The molecule has 0 unspecified atom stereocenters. The van der Waals surface area contributed by atoms with Gasteiger partial charge in [0.1, 0.15) is 5.82 Å². The Balaban J connectivity index is 1.34. The molecule has 4 heterocycles. The Morgan fingerprint density at radius 3 is 2.67 bits per heavy atom. The van der Waals surface area contributed by atoms with Crippen LogP contribution in [0.15, 0.2) is 73.2 Å². The Morgan fingerprint density at radius 1 is 1.03 bits per heavy atom. The minimum atomic E-state index is 0.120. The van der Waals surface area contributed by atoms with Gasteiger partial charge in [-0.3, -0.25) is 4.79 Å². The molecule has 5 aromatic rings. The maximum atomic E-state index is 13.2. The number of rotatable bonds is 4. The molecule has 0 aliphatic carbocycles. The molecule has 6 rings (SSSR count). The predicted molar refractivity (Wildman–Crippen MR) is 129 cm³/mol. The third-order valence-corrected chi connectivity index (χ3v) is 6.53. The van der Waals surface area contributed by atoms with E-state index in [9.17, 15) is 4.79 Å². The molecular weight excluding hydrogens is 410 g/mol. The summed E-state index contributed by atoms with van der Waals surface area (Å²) in [6.07, 6.45) is 6.40. The van der Waals surface area contributed by atoms with Gasteiger partial charge in [-0.25, -0.2) is 4.68 Å². The van der Waals surface area contributed by atoms with E-state index in [4.69, 9.17) is 5.10 Å². The molecule has 0 atom stereocenters. The van der Waals surface area contributed by atoms with Gasteiger partial charge in [-0.15, -0.1) is 0 Å². The number of aromatic nitrogens is 4. The molecule has 33 heavy (non-hydrogen) atoms. The van der Waals surface area contributed by atoms with Gasteiger partial charge in [0.2, 0.25) is 5.91 Å². The standard InChI is InChI=1S/C27H25N5O/c1-18-9-10-25(19(2)13-18)32-27(30-11-5-6-12-30)22-16-31(17-24(22)29-32)26(33)14-20-15-28-23-8-4-3-7-21(20)23/h3-13,15,28H,14,16-17H2,1-2H3.